The van der Waals surface area contributed by atoms with Crippen LogP contribution in [0.3, 0.4) is 0 Å². The first-order chi connectivity index (χ1) is 10.2. The maximum Gasteiger partial charge on any atom is 0.0406 e. The fraction of sp³-hybridized carbons (Fsp3) is 0. The summed E-state index contributed by atoms with van der Waals surface area (Å²) in [5.41, 5.74) is 0. The molecular weight excluding hydrogens is 364 g/mol. The molecule has 0 radical (unpaired) electrons. The van der Waals surface area contributed by atoms with Crippen LogP contribution in [0.5, 0.6) is 0 Å². The average molecular weight is 378 g/mol. The van der Waals surface area contributed by atoms with E-state index in [1.54, 1.807) is 0 Å². The van der Waals surface area contributed by atoms with E-state index in [0.29, 0.717) is 0 Å². The number of hydrogen-bond donors (Lipinski definition) is 0. The van der Waals surface area contributed by atoms with Crippen molar-refractivity contribution in [2.45, 2.75) is 14.7 Å². The van der Waals surface area contributed by atoms with Crippen molar-refractivity contribution in [1.29, 1.82) is 0 Å². The third kappa shape index (κ3) is 2.89. The molecule has 0 unspecified atom stereocenters. The Morgan fingerprint density at radius 1 is 0.571 bits per heavy atom. The fourth-order valence-corrected chi connectivity index (χ4v) is 6.71. The lowest BCUT2D eigenvalue weighted by Crippen LogP contribution is -1.95. The van der Waals surface area contributed by atoms with Gasteiger partial charge in [0, 0.05) is 19.7 Å². The van der Waals surface area contributed by atoms with Crippen LogP contribution >= 0.6 is 34.9 Å². The summed E-state index contributed by atoms with van der Waals surface area (Å²) in [6, 6.07) is 29.2. The van der Waals surface area contributed by atoms with Gasteiger partial charge < -0.3 is 0 Å². The van der Waals surface area contributed by atoms with E-state index >= 15 is 0 Å². The van der Waals surface area contributed by atoms with Crippen LogP contribution in [0.4, 0.5) is 0 Å². The first-order valence-electron chi connectivity index (χ1n) is 6.60. The monoisotopic (exact) mass is 376 g/mol. The van der Waals surface area contributed by atoms with Gasteiger partial charge in [-0.1, -0.05) is 48.0 Å². The molecule has 0 aliphatic carbocycles. The number of rotatable bonds is 3. The molecule has 0 aliphatic rings. The van der Waals surface area contributed by atoms with Gasteiger partial charge in [-0.25, -0.2) is 0 Å². The van der Waals surface area contributed by atoms with E-state index in [1.807, 2.05) is 24.3 Å². The first kappa shape index (κ1) is 14.7. The van der Waals surface area contributed by atoms with E-state index < -0.39 is 8.46 Å². The molecule has 3 rings (SSSR count). The predicted molar refractivity (Wildman–Crippen MR) is 95.7 cm³/mol. The third-order valence-corrected chi connectivity index (χ3v) is 9.66. The fourth-order valence-electron chi connectivity index (χ4n) is 2.25. The summed E-state index contributed by atoms with van der Waals surface area (Å²) in [6.07, 6.45) is 0. The highest BCUT2D eigenvalue weighted by atomic mass is 79.9. The maximum absolute atomic E-state index is 6.05. The standard InChI is InChI=1S/C18H14BrClS/c19-21(16-7-3-1-4-8-16,17-9-5-2-6-10-17)18-13-11-15(20)12-14-18/h1-14H. The molecule has 3 aromatic carbocycles. The van der Waals surface area contributed by atoms with Crippen LogP contribution < -0.4 is 0 Å². The molecule has 21 heavy (non-hydrogen) atoms. The minimum atomic E-state index is -1.44. The van der Waals surface area contributed by atoms with Crippen LogP contribution in [0.2, 0.25) is 5.02 Å². The van der Waals surface area contributed by atoms with E-state index in [-0.39, 0.29) is 0 Å². The third-order valence-electron chi connectivity index (χ3n) is 3.27. The van der Waals surface area contributed by atoms with Gasteiger partial charge in [-0.15, -0.1) is 8.46 Å². The van der Waals surface area contributed by atoms with E-state index in [2.05, 4.69) is 75.5 Å². The van der Waals surface area contributed by atoms with Gasteiger partial charge in [-0.05, 0) is 63.3 Å². The SMILES string of the molecule is Clc1ccc(S(Br)(c2ccccc2)c2ccccc2)cc1. The summed E-state index contributed by atoms with van der Waals surface area (Å²) >= 11 is 10.1. The molecule has 0 amide bonds. The van der Waals surface area contributed by atoms with Crippen LogP contribution in [0, 0.1) is 0 Å². The molecular formula is C18H14BrClS. The highest BCUT2D eigenvalue weighted by molar-refractivity contribution is 9.58. The molecule has 0 saturated heterocycles. The Hall–Kier alpha value is -1.22. The van der Waals surface area contributed by atoms with E-state index in [9.17, 15) is 0 Å². The molecule has 0 aromatic heterocycles. The predicted octanol–water partition coefficient (Wildman–Crippen LogP) is 6.93. The maximum atomic E-state index is 6.05. The second-order valence-electron chi connectivity index (χ2n) is 4.62. The normalized spacial score (nSPS) is 12.1. The van der Waals surface area contributed by atoms with Crippen LogP contribution in [0.25, 0.3) is 0 Å². The van der Waals surface area contributed by atoms with Gasteiger partial charge in [0.1, 0.15) is 0 Å². The highest BCUT2D eigenvalue weighted by Gasteiger charge is 2.27. The molecule has 0 bridgehead atoms. The van der Waals surface area contributed by atoms with Crippen molar-refractivity contribution in [3.63, 3.8) is 0 Å². The van der Waals surface area contributed by atoms with Gasteiger partial charge in [0.05, 0.1) is 0 Å². The molecule has 0 aliphatic heterocycles. The van der Waals surface area contributed by atoms with Gasteiger partial charge in [0.2, 0.25) is 0 Å². The van der Waals surface area contributed by atoms with Gasteiger partial charge in [-0.3, -0.25) is 0 Å². The Bertz CT molecular complexity index is 672. The van der Waals surface area contributed by atoms with Crippen LogP contribution in [0.1, 0.15) is 0 Å². The smallest absolute Gasteiger partial charge is 0.0406 e. The lowest BCUT2D eigenvalue weighted by atomic mass is 10.4. The molecule has 0 nitrogen and oxygen atoms in total. The number of benzene rings is 3. The van der Waals surface area contributed by atoms with Crippen LogP contribution in [-0.2, 0) is 0 Å². The lowest BCUT2D eigenvalue weighted by Gasteiger charge is -2.34. The van der Waals surface area contributed by atoms with Crippen molar-refractivity contribution in [2.24, 2.45) is 0 Å². The molecule has 0 N–H and O–H groups in total. The number of halogens is 2. The van der Waals surface area contributed by atoms with Crippen LogP contribution in [-0.4, -0.2) is 0 Å². The van der Waals surface area contributed by atoms with E-state index in [0.717, 1.165) is 5.02 Å². The van der Waals surface area contributed by atoms with Crippen molar-refractivity contribution >= 4 is 34.9 Å². The van der Waals surface area contributed by atoms with Crippen molar-refractivity contribution in [3.8, 4) is 0 Å². The topological polar surface area (TPSA) is 0 Å². The molecule has 3 aromatic rings. The summed E-state index contributed by atoms with van der Waals surface area (Å²) in [6.45, 7) is 0. The summed E-state index contributed by atoms with van der Waals surface area (Å²) < 4.78 is 0. The minimum Gasteiger partial charge on any atom is -0.101 e. The van der Waals surface area contributed by atoms with Gasteiger partial charge in [-0.2, -0.15) is 0 Å². The second-order valence-corrected chi connectivity index (χ2v) is 10.5. The van der Waals surface area contributed by atoms with Gasteiger partial charge >= 0.3 is 0 Å². The second kappa shape index (κ2) is 6.27. The summed E-state index contributed by atoms with van der Waals surface area (Å²) in [4.78, 5) is 3.79. The summed E-state index contributed by atoms with van der Waals surface area (Å²) in [7, 11) is -1.44. The van der Waals surface area contributed by atoms with Crippen molar-refractivity contribution in [3.05, 3.63) is 90.0 Å². The Balaban J connectivity index is 2.23. The molecule has 106 valence electrons. The van der Waals surface area contributed by atoms with Gasteiger partial charge in [0.15, 0.2) is 0 Å². The zero-order valence-electron chi connectivity index (χ0n) is 11.2. The Morgan fingerprint density at radius 3 is 1.38 bits per heavy atom. The van der Waals surface area contributed by atoms with Crippen molar-refractivity contribution in [2.75, 3.05) is 0 Å². The van der Waals surface area contributed by atoms with Crippen LogP contribution in [0.15, 0.2) is 99.6 Å². The zero-order chi connectivity index (χ0) is 14.7. The molecule has 0 heterocycles. The quantitative estimate of drug-likeness (QED) is 0.464. The summed E-state index contributed by atoms with van der Waals surface area (Å²) in [5, 5.41) is 0.758. The molecule has 0 spiro atoms. The lowest BCUT2D eigenvalue weighted by molar-refractivity contribution is 1.32. The highest BCUT2D eigenvalue weighted by Crippen LogP contribution is 2.73. The Labute approximate surface area is 139 Å². The average Bonchev–Trinajstić information content (AvgIpc) is 2.56. The largest absolute Gasteiger partial charge is 0.101 e. The molecule has 3 heteroatoms. The zero-order valence-corrected chi connectivity index (χ0v) is 14.4. The van der Waals surface area contributed by atoms with Crippen molar-refractivity contribution < 1.29 is 0 Å². The number of hydrogen-bond acceptors (Lipinski definition) is 0. The minimum absolute atomic E-state index is 0.758. The van der Waals surface area contributed by atoms with Gasteiger partial charge in [0.25, 0.3) is 0 Å². The Kier molecular flexibility index (Phi) is 4.39. The first-order valence-corrected chi connectivity index (χ1v) is 10.5. The molecule has 0 atom stereocenters. The molecule has 0 saturated carbocycles. The van der Waals surface area contributed by atoms with E-state index in [4.69, 9.17) is 11.6 Å². The summed E-state index contributed by atoms with van der Waals surface area (Å²) in [5.74, 6) is 0. The van der Waals surface area contributed by atoms with Crippen molar-refractivity contribution in [1.82, 2.24) is 0 Å². The van der Waals surface area contributed by atoms with E-state index in [1.165, 1.54) is 14.7 Å². The Morgan fingerprint density at radius 2 is 0.952 bits per heavy atom. The molecule has 0 fully saturated rings.